The predicted octanol–water partition coefficient (Wildman–Crippen LogP) is 4.12. The van der Waals surface area contributed by atoms with Gasteiger partial charge in [0.15, 0.2) is 0 Å². The summed E-state index contributed by atoms with van der Waals surface area (Å²) >= 11 is 1.28. The number of halogens is 1. The van der Waals surface area contributed by atoms with Gasteiger partial charge >= 0.3 is 5.97 Å². The largest absolute Gasteiger partial charge is 0.465 e. The van der Waals surface area contributed by atoms with Crippen molar-refractivity contribution in [1.29, 1.82) is 0 Å². The fraction of sp³-hybridized carbons (Fsp3) is 0.333. The minimum absolute atomic E-state index is 0.107. The Morgan fingerprint density at radius 2 is 1.88 bits per heavy atom. The molecule has 1 aromatic carbocycles. The fourth-order valence-electron chi connectivity index (χ4n) is 3.25. The average Bonchev–Trinajstić information content (AvgIpc) is 3.25. The third-order valence-corrected chi connectivity index (χ3v) is 5.39. The maximum atomic E-state index is 13.2. The van der Waals surface area contributed by atoms with Crippen molar-refractivity contribution in [2.24, 2.45) is 0 Å². The molecule has 1 aromatic heterocycles. The normalized spacial score (nSPS) is 15.9. The van der Waals surface area contributed by atoms with Crippen molar-refractivity contribution in [3.05, 3.63) is 52.7 Å². The second kappa shape index (κ2) is 6.73. The number of carbonyl (C=O) groups excluding carboxylic acids is 2. The van der Waals surface area contributed by atoms with Gasteiger partial charge in [0.1, 0.15) is 5.82 Å². The number of methoxy groups -OCH3 is 1. The molecule has 1 aliphatic carbocycles. The van der Waals surface area contributed by atoms with E-state index in [0.29, 0.717) is 10.6 Å². The van der Waals surface area contributed by atoms with Gasteiger partial charge in [-0.2, -0.15) is 0 Å². The summed E-state index contributed by atoms with van der Waals surface area (Å²) in [6.45, 7) is 0. The summed E-state index contributed by atoms with van der Waals surface area (Å²) in [4.78, 5) is 24.5. The molecule has 0 radical (unpaired) electrons. The van der Waals surface area contributed by atoms with Crippen molar-refractivity contribution in [2.75, 3.05) is 12.4 Å². The molecule has 24 heavy (non-hydrogen) atoms. The third kappa shape index (κ3) is 3.06. The Morgan fingerprint density at radius 1 is 1.21 bits per heavy atom. The standard InChI is InChI=1S/C18H18FNO3S/c1-23-16(21)12-10-15(24-11-12)20-17(22)18(8-2-3-9-18)13-4-6-14(19)7-5-13/h4-7,10-11H,2-3,8-9H2,1H3,(H,20,22). The summed E-state index contributed by atoms with van der Waals surface area (Å²) in [5.41, 5.74) is 0.618. The molecule has 0 saturated heterocycles. The van der Waals surface area contributed by atoms with Crippen molar-refractivity contribution >= 4 is 28.2 Å². The first-order valence-corrected chi connectivity index (χ1v) is 8.67. The number of hydrogen-bond acceptors (Lipinski definition) is 4. The quantitative estimate of drug-likeness (QED) is 0.846. The lowest BCUT2D eigenvalue weighted by Gasteiger charge is -2.28. The second-order valence-electron chi connectivity index (χ2n) is 5.94. The van der Waals surface area contributed by atoms with Gasteiger partial charge in [-0.1, -0.05) is 25.0 Å². The number of nitrogens with one attached hydrogen (secondary N) is 1. The summed E-state index contributed by atoms with van der Waals surface area (Å²) in [7, 11) is 1.32. The molecule has 0 atom stereocenters. The number of hydrogen-bond donors (Lipinski definition) is 1. The highest BCUT2D eigenvalue weighted by atomic mass is 32.1. The van der Waals surface area contributed by atoms with Crippen LogP contribution >= 0.6 is 11.3 Å². The van der Waals surface area contributed by atoms with Crippen LogP contribution in [0.25, 0.3) is 0 Å². The molecular weight excluding hydrogens is 329 g/mol. The summed E-state index contributed by atoms with van der Waals surface area (Å²) in [5.74, 6) is -0.848. The van der Waals surface area contributed by atoms with Crippen LogP contribution in [0.15, 0.2) is 35.7 Å². The van der Waals surface area contributed by atoms with Crippen molar-refractivity contribution in [3.8, 4) is 0 Å². The fourth-order valence-corrected chi connectivity index (χ4v) is 4.02. The number of amides is 1. The minimum atomic E-state index is -0.636. The lowest BCUT2D eigenvalue weighted by molar-refractivity contribution is -0.121. The van der Waals surface area contributed by atoms with Crippen LogP contribution in [0.2, 0.25) is 0 Å². The van der Waals surface area contributed by atoms with Crippen LogP contribution in [0, 0.1) is 5.82 Å². The zero-order chi connectivity index (χ0) is 17.2. The van der Waals surface area contributed by atoms with Crippen molar-refractivity contribution < 1.29 is 18.7 Å². The third-order valence-electron chi connectivity index (χ3n) is 4.55. The van der Waals surface area contributed by atoms with Gasteiger partial charge in [-0.3, -0.25) is 4.79 Å². The Morgan fingerprint density at radius 3 is 2.50 bits per heavy atom. The van der Waals surface area contributed by atoms with Gasteiger partial charge in [-0.05, 0) is 36.6 Å². The van der Waals surface area contributed by atoms with E-state index in [1.54, 1.807) is 23.6 Å². The number of carbonyl (C=O) groups is 2. The highest BCUT2D eigenvalue weighted by Gasteiger charge is 2.42. The van der Waals surface area contributed by atoms with Crippen molar-refractivity contribution in [1.82, 2.24) is 0 Å². The number of esters is 1. The van der Waals surface area contributed by atoms with Gasteiger partial charge in [0.2, 0.25) is 5.91 Å². The zero-order valence-corrected chi connectivity index (χ0v) is 14.1. The Hall–Kier alpha value is -2.21. The molecule has 0 unspecified atom stereocenters. The van der Waals surface area contributed by atoms with Crippen LogP contribution in [0.5, 0.6) is 0 Å². The summed E-state index contributed by atoms with van der Waals surface area (Å²) in [6, 6.07) is 7.77. The molecular formula is C18H18FNO3S. The average molecular weight is 347 g/mol. The van der Waals surface area contributed by atoms with Gasteiger partial charge in [0.05, 0.1) is 23.1 Å². The molecule has 0 bridgehead atoms. The molecule has 1 amide bonds. The molecule has 1 saturated carbocycles. The van der Waals surface area contributed by atoms with E-state index in [2.05, 4.69) is 10.1 Å². The molecule has 1 heterocycles. The second-order valence-corrected chi connectivity index (χ2v) is 6.85. The van der Waals surface area contributed by atoms with Crippen LogP contribution < -0.4 is 5.32 Å². The Bertz CT molecular complexity index is 748. The van der Waals surface area contributed by atoms with E-state index >= 15 is 0 Å². The van der Waals surface area contributed by atoms with Gasteiger partial charge < -0.3 is 10.1 Å². The van der Waals surface area contributed by atoms with Gasteiger partial charge in [-0.25, -0.2) is 9.18 Å². The predicted molar refractivity (Wildman–Crippen MR) is 90.8 cm³/mol. The zero-order valence-electron chi connectivity index (χ0n) is 13.3. The lowest BCUT2D eigenvalue weighted by atomic mass is 9.78. The first-order chi connectivity index (χ1) is 11.5. The Balaban J connectivity index is 1.84. The molecule has 0 spiro atoms. The van der Waals surface area contributed by atoms with Gasteiger partial charge in [0.25, 0.3) is 0 Å². The summed E-state index contributed by atoms with van der Waals surface area (Å²) < 4.78 is 17.9. The monoisotopic (exact) mass is 347 g/mol. The van der Waals surface area contributed by atoms with E-state index in [1.807, 2.05) is 0 Å². The van der Waals surface area contributed by atoms with E-state index in [4.69, 9.17) is 0 Å². The summed E-state index contributed by atoms with van der Waals surface area (Å²) in [5, 5.41) is 5.17. The first kappa shape index (κ1) is 16.6. The smallest absolute Gasteiger partial charge is 0.338 e. The molecule has 1 N–H and O–H groups in total. The van der Waals surface area contributed by atoms with Crippen molar-refractivity contribution in [3.63, 3.8) is 0 Å². The number of anilines is 1. The minimum Gasteiger partial charge on any atom is -0.465 e. The van der Waals surface area contributed by atoms with E-state index in [-0.39, 0.29) is 11.7 Å². The van der Waals surface area contributed by atoms with E-state index in [0.717, 1.165) is 31.2 Å². The van der Waals surface area contributed by atoms with E-state index < -0.39 is 11.4 Å². The summed E-state index contributed by atoms with van der Waals surface area (Å²) in [6.07, 6.45) is 3.39. The van der Waals surface area contributed by atoms with Crippen LogP contribution in [0.1, 0.15) is 41.6 Å². The number of thiophene rings is 1. The Labute approximate surface area is 143 Å². The SMILES string of the molecule is COC(=O)c1csc(NC(=O)C2(c3ccc(F)cc3)CCCC2)c1. The van der Waals surface area contributed by atoms with Crippen LogP contribution in [0.4, 0.5) is 9.39 Å². The number of ether oxygens (including phenoxy) is 1. The molecule has 1 aliphatic rings. The van der Waals surface area contributed by atoms with Crippen molar-refractivity contribution in [2.45, 2.75) is 31.1 Å². The molecule has 126 valence electrons. The number of rotatable bonds is 4. The highest BCUT2D eigenvalue weighted by molar-refractivity contribution is 7.14. The van der Waals surface area contributed by atoms with Gasteiger partial charge in [0, 0.05) is 5.38 Å². The van der Waals surface area contributed by atoms with E-state index in [1.165, 1.54) is 30.6 Å². The van der Waals surface area contributed by atoms with Gasteiger partial charge in [-0.15, -0.1) is 11.3 Å². The molecule has 2 aromatic rings. The van der Waals surface area contributed by atoms with Crippen LogP contribution in [-0.4, -0.2) is 19.0 Å². The molecule has 3 rings (SSSR count). The topological polar surface area (TPSA) is 55.4 Å². The van der Waals surface area contributed by atoms with Crippen LogP contribution in [-0.2, 0) is 14.9 Å². The maximum Gasteiger partial charge on any atom is 0.338 e. The lowest BCUT2D eigenvalue weighted by Crippen LogP contribution is -2.37. The number of benzene rings is 1. The first-order valence-electron chi connectivity index (χ1n) is 7.79. The Kier molecular flexibility index (Phi) is 4.66. The molecule has 6 heteroatoms. The molecule has 4 nitrogen and oxygen atoms in total. The molecule has 1 fully saturated rings. The molecule has 0 aliphatic heterocycles. The van der Waals surface area contributed by atoms with Crippen LogP contribution in [0.3, 0.4) is 0 Å². The van der Waals surface area contributed by atoms with E-state index in [9.17, 15) is 14.0 Å². The highest BCUT2D eigenvalue weighted by Crippen LogP contribution is 2.42. The maximum absolute atomic E-state index is 13.2.